The molecule has 0 saturated heterocycles. The molecule has 0 radical (unpaired) electrons. The Balaban J connectivity index is 1.85. The van der Waals surface area contributed by atoms with E-state index in [4.69, 9.17) is 16.7 Å². The molecule has 18 heavy (non-hydrogen) atoms. The second kappa shape index (κ2) is 5.89. The van der Waals surface area contributed by atoms with E-state index in [-0.39, 0.29) is 5.92 Å². The summed E-state index contributed by atoms with van der Waals surface area (Å²) in [7, 11) is 0. The summed E-state index contributed by atoms with van der Waals surface area (Å²) >= 11 is 9.25. The number of nitrogens with zero attached hydrogens (tertiary/aromatic N) is 1. The van der Waals surface area contributed by atoms with Gasteiger partial charge >= 0.3 is 5.97 Å². The minimum absolute atomic E-state index is 0.182. The van der Waals surface area contributed by atoms with Crippen molar-refractivity contribution in [2.45, 2.75) is 19.3 Å². The highest BCUT2D eigenvalue weighted by atomic mass is 79.9. The SMILES string of the molecule is O=C(O)C1CCC(CNc2cc(Cl)c(Br)cn2)C1. The van der Waals surface area contributed by atoms with E-state index >= 15 is 0 Å². The van der Waals surface area contributed by atoms with Crippen LogP contribution in [0.5, 0.6) is 0 Å². The van der Waals surface area contributed by atoms with Crippen molar-refractivity contribution in [3.8, 4) is 0 Å². The van der Waals surface area contributed by atoms with Crippen LogP contribution in [0.3, 0.4) is 0 Å². The molecule has 2 rings (SSSR count). The standard InChI is InChI=1S/C12H14BrClN2O2/c13-9-6-16-11(4-10(9)14)15-5-7-1-2-8(3-7)12(17)18/h4,6-8H,1-3,5H2,(H,15,16)(H,17,18). The topological polar surface area (TPSA) is 62.2 Å². The maximum Gasteiger partial charge on any atom is 0.306 e. The van der Waals surface area contributed by atoms with Crippen molar-refractivity contribution in [3.63, 3.8) is 0 Å². The molecule has 98 valence electrons. The van der Waals surface area contributed by atoms with Gasteiger partial charge in [-0.25, -0.2) is 4.98 Å². The van der Waals surface area contributed by atoms with Gasteiger partial charge in [-0.1, -0.05) is 11.6 Å². The summed E-state index contributed by atoms with van der Waals surface area (Å²) in [5.74, 6) is 0.262. The number of rotatable bonds is 4. The van der Waals surface area contributed by atoms with Gasteiger partial charge in [-0.3, -0.25) is 4.79 Å². The fourth-order valence-corrected chi connectivity index (χ4v) is 2.61. The summed E-state index contributed by atoms with van der Waals surface area (Å²) in [5, 5.41) is 12.7. The van der Waals surface area contributed by atoms with Crippen LogP contribution < -0.4 is 5.32 Å². The van der Waals surface area contributed by atoms with Crippen LogP contribution in [0, 0.1) is 11.8 Å². The number of aromatic nitrogens is 1. The summed E-state index contributed by atoms with van der Waals surface area (Å²) in [6.07, 6.45) is 4.12. The molecule has 1 saturated carbocycles. The van der Waals surface area contributed by atoms with Gasteiger partial charge in [0.05, 0.1) is 15.4 Å². The number of pyridine rings is 1. The van der Waals surface area contributed by atoms with Crippen LogP contribution in [0.1, 0.15) is 19.3 Å². The molecular weight excluding hydrogens is 320 g/mol. The smallest absolute Gasteiger partial charge is 0.306 e. The Morgan fingerprint density at radius 3 is 3.00 bits per heavy atom. The number of halogens is 2. The van der Waals surface area contributed by atoms with Crippen LogP contribution in [0.4, 0.5) is 5.82 Å². The summed E-state index contributed by atoms with van der Waals surface area (Å²) in [5.41, 5.74) is 0. The number of aliphatic carboxylic acids is 1. The highest BCUT2D eigenvalue weighted by Gasteiger charge is 2.29. The first-order valence-corrected chi connectivity index (χ1v) is 7.01. The molecule has 0 spiro atoms. The third kappa shape index (κ3) is 3.36. The van der Waals surface area contributed by atoms with Crippen molar-refractivity contribution >= 4 is 39.3 Å². The van der Waals surface area contributed by atoms with Crippen LogP contribution in [0.25, 0.3) is 0 Å². The van der Waals surface area contributed by atoms with E-state index in [9.17, 15) is 4.79 Å². The summed E-state index contributed by atoms with van der Waals surface area (Å²) < 4.78 is 0.765. The zero-order valence-corrected chi connectivity index (χ0v) is 12.0. The molecule has 1 aromatic rings. The lowest BCUT2D eigenvalue weighted by Gasteiger charge is -2.12. The molecule has 1 aliphatic carbocycles. The molecule has 6 heteroatoms. The Kier molecular flexibility index (Phi) is 4.45. The van der Waals surface area contributed by atoms with Gasteiger partial charge in [0.15, 0.2) is 0 Å². The zero-order valence-electron chi connectivity index (χ0n) is 9.70. The van der Waals surface area contributed by atoms with Gasteiger partial charge < -0.3 is 10.4 Å². The van der Waals surface area contributed by atoms with Crippen LogP contribution in [0.15, 0.2) is 16.7 Å². The Morgan fingerprint density at radius 1 is 1.61 bits per heavy atom. The normalized spacial score (nSPS) is 23.0. The Bertz CT molecular complexity index is 456. The molecule has 1 heterocycles. The monoisotopic (exact) mass is 332 g/mol. The molecule has 2 unspecified atom stereocenters. The molecule has 0 aliphatic heterocycles. The molecule has 1 fully saturated rings. The van der Waals surface area contributed by atoms with Crippen molar-refractivity contribution in [1.82, 2.24) is 4.98 Å². The second-order valence-electron chi connectivity index (χ2n) is 4.58. The van der Waals surface area contributed by atoms with Crippen molar-refractivity contribution in [1.29, 1.82) is 0 Å². The van der Waals surface area contributed by atoms with E-state index in [1.165, 1.54) is 0 Å². The lowest BCUT2D eigenvalue weighted by Crippen LogP contribution is -2.14. The minimum atomic E-state index is -0.678. The lowest BCUT2D eigenvalue weighted by atomic mass is 10.1. The van der Waals surface area contributed by atoms with Crippen LogP contribution in [-0.2, 0) is 4.79 Å². The largest absolute Gasteiger partial charge is 0.481 e. The van der Waals surface area contributed by atoms with Gasteiger partial charge in [-0.15, -0.1) is 0 Å². The molecule has 0 aromatic carbocycles. The van der Waals surface area contributed by atoms with E-state index in [0.29, 0.717) is 10.9 Å². The summed E-state index contributed by atoms with van der Waals surface area (Å²) in [4.78, 5) is 15.0. The second-order valence-corrected chi connectivity index (χ2v) is 5.84. The van der Waals surface area contributed by atoms with Gasteiger partial charge in [0, 0.05) is 18.8 Å². The number of carboxylic acid groups (broad SMARTS) is 1. The number of carboxylic acids is 1. The van der Waals surface area contributed by atoms with E-state index in [1.807, 2.05) is 0 Å². The first kappa shape index (κ1) is 13.6. The van der Waals surface area contributed by atoms with Crippen LogP contribution >= 0.6 is 27.5 Å². The molecule has 2 atom stereocenters. The molecule has 1 aliphatic rings. The molecule has 4 nitrogen and oxygen atoms in total. The third-order valence-corrected chi connectivity index (χ3v) is 4.44. The number of nitrogens with one attached hydrogen (secondary N) is 1. The third-order valence-electron chi connectivity index (χ3n) is 3.27. The van der Waals surface area contributed by atoms with E-state index in [0.717, 1.165) is 36.1 Å². The molecule has 1 aromatic heterocycles. The van der Waals surface area contributed by atoms with E-state index < -0.39 is 5.97 Å². The van der Waals surface area contributed by atoms with E-state index in [2.05, 4.69) is 26.2 Å². The quantitative estimate of drug-likeness (QED) is 0.886. The fourth-order valence-electron chi connectivity index (χ4n) is 2.24. The highest BCUT2D eigenvalue weighted by molar-refractivity contribution is 9.10. The average Bonchev–Trinajstić information content (AvgIpc) is 2.79. The number of anilines is 1. The molecule has 0 amide bonds. The van der Waals surface area contributed by atoms with Gasteiger partial charge in [-0.2, -0.15) is 0 Å². The van der Waals surface area contributed by atoms with Crippen molar-refractivity contribution in [2.75, 3.05) is 11.9 Å². The van der Waals surface area contributed by atoms with Gasteiger partial charge in [0.25, 0.3) is 0 Å². The lowest BCUT2D eigenvalue weighted by molar-refractivity contribution is -0.141. The van der Waals surface area contributed by atoms with Gasteiger partial charge in [0.1, 0.15) is 5.82 Å². The molecule has 0 bridgehead atoms. The number of hydrogen-bond acceptors (Lipinski definition) is 3. The fraction of sp³-hybridized carbons (Fsp3) is 0.500. The van der Waals surface area contributed by atoms with Crippen molar-refractivity contribution in [3.05, 3.63) is 21.8 Å². The number of hydrogen-bond donors (Lipinski definition) is 2. The minimum Gasteiger partial charge on any atom is -0.481 e. The average molecular weight is 334 g/mol. The van der Waals surface area contributed by atoms with E-state index in [1.54, 1.807) is 12.3 Å². The van der Waals surface area contributed by atoms with Crippen molar-refractivity contribution in [2.24, 2.45) is 11.8 Å². The zero-order chi connectivity index (χ0) is 13.1. The maximum absolute atomic E-state index is 10.8. The Labute approximate surface area is 119 Å². The Hall–Kier alpha value is -0.810. The van der Waals surface area contributed by atoms with Crippen molar-refractivity contribution < 1.29 is 9.90 Å². The summed E-state index contributed by atoms with van der Waals surface area (Å²) in [6, 6.07) is 1.76. The van der Waals surface area contributed by atoms with Crippen LogP contribution in [-0.4, -0.2) is 22.6 Å². The van der Waals surface area contributed by atoms with Crippen LogP contribution in [0.2, 0.25) is 5.02 Å². The first-order chi connectivity index (χ1) is 8.56. The first-order valence-electron chi connectivity index (χ1n) is 5.84. The predicted molar refractivity (Wildman–Crippen MR) is 73.9 cm³/mol. The predicted octanol–water partition coefficient (Wildman–Crippen LogP) is 3.41. The Morgan fingerprint density at radius 2 is 2.39 bits per heavy atom. The van der Waals surface area contributed by atoms with Gasteiger partial charge in [-0.05, 0) is 41.1 Å². The molecular formula is C12H14BrClN2O2. The highest BCUT2D eigenvalue weighted by Crippen LogP contribution is 2.31. The molecule has 2 N–H and O–H groups in total. The summed E-state index contributed by atoms with van der Waals surface area (Å²) in [6.45, 7) is 0.745. The number of carbonyl (C=O) groups is 1. The van der Waals surface area contributed by atoms with Gasteiger partial charge in [0.2, 0.25) is 0 Å². The maximum atomic E-state index is 10.8.